The van der Waals surface area contributed by atoms with Crippen molar-refractivity contribution in [2.45, 2.75) is 30.6 Å². The summed E-state index contributed by atoms with van der Waals surface area (Å²) in [7, 11) is 0. The molecule has 1 aromatic carbocycles. The zero-order valence-electron chi connectivity index (χ0n) is 14.6. The standard InChI is InChI=1S/C18H17BrN4O5/c19-14-11-15(20-9-21-16(11)25)23(22-14)17-12-13(18(7-24,28-17)8-27-12)26-6-10-4-2-1-3-5-10/h1-5,9,12-13,17,24H,6-8H2,(H,20,21,25)/t12?,13?,17-,18+/m1/s1. The van der Waals surface area contributed by atoms with Crippen LogP contribution in [0.5, 0.6) is 0 Å². The third-order valence-corrected chi connectivity index (χ3v) is 5.76. The lowest BCUT2D eigenvalue weighted by Gasteiger charge is -2.29. The van der Waals surface area contributed by atoms with Crippen molar-refractivity contribution in [2.24, 2.45) is 0 Å². The maximum absolute atomic E-state index is 12.1. The van der Waals surface area contributed by atoms with Crippen LogP contribution >= 0.6 is 15.9 Å². The molecule has 0 amide bonds. The molecule has 3 aromatic rings. The minimum Gasteiger partial charge on any atom is -0.393 e. The van der Waals surface area contributed by atoms with E-state index in [1.165, 1.54) is 11.0 Å². The summed E-state index contributed by atoms with van der Waals surface area (Å²) in [5, 5.41) is 14.7. The third kappa shape index (κ3) is 2.64. The summed E-state index contributed by atoms with van der Waals surface area (Å²) >= 11 is 3.31. The first-order chi connectivity index (χ1) is 13.6. The average Bonchev–Trinajstić information content (AvgIpc) is 3.35. The van der Waals surface area contributed by atoms with Crippen LogP contribution in [-0.4, -0.2) is 55.9 Å². The molecule has 28 heavy (non-hydrogen) atoms. The van der Waals surface area contributed by atoms with Gasteiger partial charge in [-0.05, 0) is 21.5 Å². The average molecular weight is 449 g/mol. The molecule has 2 aliphatic rings. The largest absolute Gasteiger partial charge is 0.393 e. The van der Waals surface area contributed by atoms with Crippen LogP contribution in [0.2, 0.25) is 0 Å². The van der Waals surface area contributed by atoms with Crippen LogP contribution in [-0.2, 0) is 20.8 Å². The minimum absolute atomic E-state index is 0.221. The second-order valence-electron chi connectivity index (χ2n) is 6.89. The van der Waals surface area contributed by atoms with E-state index in [0.29, 0.717) is 22.2 Å². The van der Waals surface area contributed by atoms with E-state index in [1.807, 2.05) is 30.3 Å². The number of aromatic nitrogens is 4. The Kier molecular flexibility index (Phi) is 4.33. The zero-order valence-corrected chi connectivity index (χ0v) is 16.2. The molecule has 2 bridgehead atoms. The van der Waals surface area contributed by atoms with E-state index < -0.39 is 24.0 Å². The molecule has 2 saturated heterocycles. The van der Waals surface area contributed by atoms with Gasteiger partial charge in [0.2, 0.25) is 0 Å². The van der Waals surface area contributed by atoms with Gasteiger partial charge in [0.1, 0.15) is 27.8 Å². The first kappa shape index (κ1) is 18.0. The van der Waals surface area contributed by atoms with Crippen LogP contribution in [0.1, 0.15) is 11.8 Å². The van der Waals surface area contributed by atoms with Crippen molar-refractivity contribution in [3.8, 4) is 0 Å². The Morgan fingerprint density at radius 2 is 2.21 bits per heavy atom. The van der Waals surface area contributed by atoms with Crippen molar-refractivity contribution in [1.29, 1.82) is 0 Å². The summed E-state index contributed by atoms with van der Waals surface area (Å²) in [6.45, 7) is 0.330. The van der Waals surface area contributed by atoms with Crippen molar-refractivity contribution in [3.63, 3.8) is 0 Å². The quantitative estimate of drug-likeness (QED) is 0.601. The van der Waals surface area contributed by atoms with Crippen molar-refractivity contribution in [2.75, 3.05) is 13.2 Å². The first-order valence-corrected chi connectivity index (χ1v) is 9.59. The van der Waals surface area contributed by atoms with Gasteiger partial charge in [-0.3, -0.25) is 4.79 Å². The molecule has 4 atom stereocenters. The van der Waals surface area contributed by atoms with Crippen LogP contribution in [0, 0.1) is 0 Å². The maximum Gasteiger partial charge on any atom is 0.263 e. The van der Waals surface area contributed by atoms with Gasteiger partial charge in [0, 0.05) is 0 Å². The highest BCUT2D eigenvalue weighted by molar-refractivity contribution is 9.10. The van der Waals surface area contributed by atoms with Crippen LogP contribution < -0.4 is 5.56 Å². The predicted octanol–water partition coefficient (Wildman–Crippen LogP) is 1.13. The van der Waals surface area contributed by atoms with E-state index in [9.17, 15) is 9.90 Å². The van der Waals surface area contributed by atoms with Crippen LogP contribution in [0.15, 0.2) is 46.1 Å². The molecule has 5 rings (SSSR count). The molecule has 4 heterocycles. The van der Waals surface area contributed by atoms with Crippen LogP contribution in [0.25, 0.3) is 11.0 Å². The third-order valence-electron chi connectivity index (χ3n) is 5.21. The number of aromatic amines is 1. The van der Waals surface area contributed by atoms with E-state index in [4.69, 9.17) is 14.2 Å². The SMILES string of the molecule is O=c1[nH]cnc2c1c(Br)nn2[C@@H]1O[C@@]2(CO)COC1C2OCc1ccccc1. The molecular formula is C18H17BrN4O5. The molecule has 2 aromatic heterocycles. The van der Waals surface area contributed by atoms with Crippen LogP contribution in [0.4, 0.5) is 0 Å². The molecule has 0 spiro atoms. The van der Waals surface area contributed by atoms with E-state index >= 15 is 0 Å². The minimum atomic E-state index is -0.990. The van der Waals surface area contributed by atoms with E-state index in [-0.39, 0.29) is 18.8 Å². The van der Waals surface area contributed by atoms with Crippen molar-refractivity contribution in [1.82, 2.24) is 19.7 Å². The number of benzene rings is 1. The molecule has 146 valence electrons. The number of aliphatic hydroxyl groups is 1. The topological polar surface area (TPSA) is 111 Å². The summed E-state index contributed by atoms with van der Waals surface area (Å²) in [5.74, 6) is 0. The molecule has 2 N–H and O–H groups in total. The van der Waals surface area contributed by atoms with Crippen molar-refractivity contribution in [3.05, 3.63) is 57.2 Å². The number of rotatable bonds is 5. The second-order valence-corrected chi connectivity index (χ2v) is 7.64. The van der Waals surface area contributed by atoms with Gasteiger partial charge in [0.25, 0.3) is 5.56 Å². The highest BCUT2D eigenvalue weighted by Crippen LogP contribution is 2.47. The number of aliphatic hydroxyl groups excluding tert-OH is 1. The molecule has 9 nitrogen and oxygen atoms in total. The van der Waals surface area contributed by atoms with Crippen molar-refractivity contribution >= 4 is 27.0 Å². The normalized spacial score (nSPS) is 29.0. The van der Waals surface area contributed by atoms with E-state index in [1.54, 1.807) is 0 Å². The molecule has 2 fully saturated rings. The van der Waals surface area contributed by atoms with Gasteiger partial charge >= 0.3 is 0 Å². The monoisotopic (exact) mass is 448 g/mol. The summed E-state index contributed by atoms with van der Waals surface area (Å²) in [6, 6.07) is 9.76. The number of halogens is 1. The van der Waals surface area contributed by atoms with E-state index in [0.717, 1.165) is 5.56 Å². The molecule has 2 unspecified atom stereocenters. The number of hydrogen-bond donors (Lipinski definition) is 2. The number of ether oxygens (including phenoxy) is 3. The molecule has 0 radical (unpaired) electrons. The number of nitrogens with zero attached hydrogens (tertiary/aromatic N) is 3. The van der Waals surface area contributed by atoms with Crippen LogP contribution in [0.3, 0.4) is 0 Å². The van der Waals surface area contributed by atoms with Gasteiger partial charge in [0.05, 0.1) is 26.1 Å². The molecule has 10 heteroatoms. The van der Waals surface area contributed by atoms with Gasteiger partial charge in [-0.2, -0.15) is 5.10 Å². The van der Waals surface area contributed by atoms with Gasteiger partial charge in [-0.15, -0.1) is 0 Å². The summed E-state index contributed by atoms with van der Waals surface area (Å²) < 4.78 is 20.1. The number of fused-ring (bicyclic) bond motifs is 3. The summed E-state index contributed by atoms with van der Waals surface area (Å²) in [6.07, 6.45) is -0.339. The fraction of sp³-hybridized carbons (Fsp3) is 0.389. The Bertz CT molecular complexity index is 1070. The van der Waals surface area contributed by atoms with Gasteiger partial charge in [-0.1, -0.05) is 30.3 Å². The Labute approximate surface area is 167 Å². The summed E-state index contributed by atoms with van der Waals surface area (Å²) in [4.78, 5) is 18.9. The maximum atomic E-state index is 12.1. The lowest BCUT2D eigenvalue weighted by atomic mass is 10.00. The fourth-order valence-electron chi connectivity index (χ4n) is 3.83. The van der Waals surface area contributed by atoms with Crippen molar-refractivity contribution < 1.29 is 19.3 Å². The van der Waals surface area contributed by atoms with Gasteiger partial charge in [-0.25, -0.2) is 9.67 Å². The molecule has 0 saturated carbocycles. The van der Waals surface area contributed by atoms with Gasteiger partial charge in [0.15, 0.2) is 11.9 Å². The predicted molar refractivity (Wildman–Crippen MR) is 101 cm³/mol. The molecule has 2 aliphatic heterocycles. The Morgan fingerprint density at radius 3 is 3.00 bits per heavy atom. The fourth-order valence-corrected chi connectivity index (χ4v) is 4.36. The Morgan fingerprint density at radius 1 is 1.39 bits per heavy atom. The second kappa shape index (κ2) is 6.75. The lowest BCUT2D eigenvalue weighted by Crippen LogP contribution is -2.45. The molecular weight excluding hydrogens is 432 g/mol. The Hall–Kier alpha value is -2.11. The summed E-state index contributed by atoms with van der Waals surface area (Å²) in [5.41, 5.74) is 0.0855. The smallest absolute Gasteiger partial charge is 0.263 e. The highest BCUT2D eigenvalue weighted by Gasteiger charge is 2.63. The number of nitrogens with one attached hydrogen (secondary N) is 1. The Balaban J connectivity index is 1.48. The lowest BCUT2D eigenvalue weighted by molar-refractivity contribution is -0.190. The molecule has 0 aliphatic carbocycles. The van der Waals surface area contributed by atoms with E-state index in [2.05, 4.69) is 31.0 Å². The zero-order chi connectivity index (χ0) is 19.3. The highest BCUT2D eigenvalue weighted by atomic mass is 79.9. The number of hydrogen-bond acceptors (Lipinski definition) is 7. The van der Waals surface area contributed by atoms with Gasteiger partial charge < -0.3 is 24.3 Å². The number of H-pyrrole nitrogens is 1. The first-order valence-electron chi connectivity index (χ1n) is 8.80.